The fourth-order valence-electron chi connectivity index (χ4n) is 1.98. The van der Waals surface area contributed by atoms with Crippen LogP contribution in [0.25, 0.3) is 0 Å². The number of ether oxygens (including phenoxy) is 1. The molecular weight excluding hydrogens is 308 g/mol. The molecule has 0 saturated heterocycles. The van der Waals surface area contributed by atoms with Gasteiger partial charge in [-0.3, -0.25) is 4.79 Å². The summed E-state index contributed by atoms with van der Waals surface area (Å²) in [4.78, 5) is 12.5. The van der Waals surface area contributed by atoms with E-state index < -0.39 is 0 Å². The van der Waals surface area contributed by atoms with E-state index in [2.05, 4.69) is 5.32 Å². The zero-order valence-electron chi connectivity index (χ0n) is 13.8. The number of hydrogen-bond donors (Lipinski definition) is 2. The standard InChI is InChI=1S/C12H17NO2S.C6H7N/c1-13-12(14)8-10(15-2)9-6-4-5-7-11(9)16-3;7-6-4-2-1-3-5-6/h4-7,10H,8H2,1-3H3,(H,13,14);1-5H,7H2. The van der Waals surface area contributed by atoms with Crippen molar-refractivity contribution in [1.29, 1.82) is 0 Å². The van der Waals surface area contributed by atoms with Crippen LogP contribution in [0.2, 0.25) is 0 Å². The molecule has 5 heteroatoms. The van der Waals surface area contributed by atoms with Crippen molar-refractivity contribution in [2.24, 2.45) is 0 Å². The van der Waals surface area contributed by atoms with Crippen molar-refractivity contribution in [2.75, 3.05) is 26.1 Å². The van der Waals surface area contributed by atoms with Gasteiger partial charge >= 0.3 is 0 Å². The molecule has 0 saturated carbocycles. The second kappa shape index (κ2) is 10.7. The van der Waals surface area contributed by atoms with Crippen LogP contribution in [-0.2, 0) is 9.53 Å². The van der Waals surface area contributed by atoms with Crippen LogP contribution < -0.4 is 11.1 Å². The Labute approximate surface area is 142 Å². The minimum absolute atomic E-state index is 0.0113. The minimum atomic E-state index is -0.177. The third-order valence-corrected chi connectivity index (χ3v) is 4.03. The molecule has 1 unspecified atom stereocenters. The first-order valence-corrected chi connectivity index (χ1v) is 8.51. The molecule has 0 radical (unpaired) electrons. The van der Waals surface area contributed by atoms with E-state index in [-0.39, 0.29) is 12.0 Å². The van der Waals surface area contributed by atoms with Gasteiger partial charge in [0.1, 0.15) is 0 Å². The molecule has 0 aliphatic carbocycles. The van der Waals surface area contributed by atoms with E-state index in [1.54, 1.807) is 25.9 Å². The average Bonchev–Trinajstić information content (AvgIpc) is 2.60. The van der Waals surface area contributed by atoms with E-state index in [1.165, 1.54) is 0 Å². The number of methoxy groups -OCH3 is 1. The lowest BCUT2D eigenvalue weighted by Crippen LogP contribution is -2.21. The number of amides is 1. The minimum Gasteiger partial charge on any atom is -0.399 e. The molecule has 2 aromatic carbocycles. The van der Waals surface area contributed by atoms with Crippen molar-refractivity contribution in [3.05, 3.63) is 60.2 Å². The second-order valence-electron chi connectivity index (χ2n) is 4.75. The molecule has 1 atom stereocenters. The van der Waals surface area contributed by atoms with Crippen molar-refractivity contribution < 1.29 is 9.53 Å². The van der Waals surface area contributed by atoms with Crippen LogP contribution >= 0.6 is 11.8 Å². The lowest BCUT2D eigenvalue weighted by atomic mass is 10.1. The van der Waals surface area contributed by atoms with Crippen molar-refractivity contribution in [1.82, 2.24) is 5.32 Å². The fourth-order valence-corrected chi connectivity index (χ4v) is 2.63. The van der Waals surface area contributed by atoms with Gasteiger partial charge in [-0.25, -0.2) is 0 Å². The highest BCUT2D eigenvalue weighted by Gasteiger charge is 2.17. The Morgan fingerprint density at radius 1 is 1.17 bits per heavy atom. The lowest BCUT2D eigenvalue weighted by molar-refractivity contribution is -0.123. The summed E-state index contributed by atoms with van der Waals surface area (Å²) < 4.78 is 5.38. The summed E-state index contributed by atoms with van der Waals surface area (Å²) in [6.45, 7) is 0. The van der Waals surface area contributed by atoms with E-state index in [0.717, 1.165) is 16.1 Å². The molecule has 0 aromatic heterocycles. The second-order valence-corrected chi connectivity index (χ2v) is 5.60. The van der Waals surface area contributed by atoms with E-state index in [9.17, 15) is 4.79 Å². The Hall–Kier alpha value is -1.98. The number of benzene rings is 2. The highest BCUT2D eigenvalue weighted by molar-refractivity contribution is 7.98. The van der Waals surface area contributed by atoms with Crippen LogP contribution in [0.5, 0.6) is 0 Å². The van der Waals surface area contributed by atoms with Crippen LogP contribution in [0.1, 0.15) is 18.1 Å². The zero-order valence-corrected chi connectivity index (χ0v) is 14.6. The molecule has 0 fully saturated rings. The van der Waals surface area contributed by atoms with Crippen LogP contribution in [0, 0.1) is 0 Å². The number of carbonyl (C=O) groups excluding carboxylic acids is 1. The maximum Gasteiger partial charge on any atom is 0.222 e. The largest absolute Gasteiger partial charge is 0.399 e. The average molecular weight is 332 g/mol. The number of nitrogens with one attached hydrogen (secondary N) is 1. The molecule has 0 heterocycles. The number of anilines is 1. The number of hydrogen-bond acceptors (Lipinski definition) is 4. The quantitative estimate of drug-likeness (QED) is 0.650. The fraction of sp³-hybridized carbons (Fsp3) is 0.278. The monoisotopic (exact) mass is 332 g/mol. The maximum absolute atomic E-state index is 11.4. The van der Waals surface area contributed by atoms with Gasteiger partial charge in [0.2, 0.25) is 5.91 Å². The highest BCUT2D eigenvalue weighted by atomic mass is 32.2. The Morgan fingerprint density at radius 2 is 1.78 bits per heavy atom. The molecule has 2 rings (SSSR count). The predicted octanol–water partition coefficient (Wildman–Crippen LogP) is 3.50. The zero-order chi connectivity index (χ0) is 17.1. The van der Waals surface area contributed by atoms with Crippen molar-refractivity contribution in [2.45, 2.75) is 17.4 Å². The molecule has 0 aliphatic rings. The Bertz CT molecular complexity index is 591. The SMILES string of the molecule is CNC(=O)CC(OC)c1ccccc1SC.Nc1ccccc1. The van der Waals surface area contributed by atoms with Gasteiger partial charge in [0.15, 0.2) is 0 Å². The molecule has 0 spiro atoms. The Morgan fingerprint density at radius 3 is 2.26 bits per heavy atom. The first kappa shape index (κ1) is 19.1. The number of rotatable bonds is 5. The van der Waals surface area contributed by atoms with Crippen LogP contribution in [-0.4, -0.2) is 26.3 Å². The van der Waals surface area contributed by atoms with Gasteiger partial charge in [-0.1, -0.05) is 36.4 Å². The summed E-state index contributed by atoms with van der Waals surface area (Å²) in [6, 6.07) is 17.5. The highest BCUT2D eigenvalue weighted by Crippen LogP contribution is 2.29. The van der Waals surface area contributed by atoms with E-state index >= 15 is 0 Å². The number of para-hydroxylation sites is 1. The molecule has 3 N–H and O–H groups in total. The van der Waals surface area contributed by atoms with E-state index in [1.807, 2.05) is 60.9 Å². The first-order chi connectivity index (χ1) is 11.1. The third kappa shape index (κ3) is 6.76. The number of nitrogen functional groups attached to an aromatic ring is 1. The van der Waals surface area contributed by atoms with Gasteiger partial charge in [-0.15, -0.1) is 11.8 Å². The Kier molecular flexibility index (Phi) is 8.87. The normalized spacial score (nSPS) is 11.1. The van der Waals surface area contributed by atoms with Gasteiger partial charge in [0.05, 0.1) is 12.5 Å². The number of nitrogens with two attached hydrogens (primary N) is 1. The first-order valence-electron chi connectivity index (χ1n) is 7.29. The van der Waals surface area contributed by atoms with E-state index in [0.29, 0.717) is 6.42 Å². The van der Waals surface area contributed by atoms with Gasteiger partial charge in [-0.2, -0.15) is 0 Å². The molecule has 0 aliphatic heterocycles. The molecular formula is C18H24N2O2S. The van der Waals surface area contributed by atoms with Crippen molar-refractivity contribution >= 4 is 23.4 Å². The van der Waals surface area contributed by atoms with Crippen molar-refractivity contribution in [3.8, 4) is 0 Å². The molecule has 124 valence electrons. The van der Waals surface area contributed by atoms with Gasteiger partial charge in [0.25, 0.3) is 0 Å². The summed E-state index contributed by atoms with van der Waals surface area (Å²) in [5.74, 6) is -0.0113. The van der Waals surface area contributed by atoms with Gasteiger partial charge in [-0.05, 0) is 30.0 Å². The van der Waals surface area contributed by atoms with Crippen LogP contribution in [0.15, 0.2) is 59.5 Å². The summed E-state index contributed by atoms with van der Waals surface area (Å²) in [6.07, 6.45) is 2.19. The smallest absolute Gasteiger partial charge is 0.222 e. The van der Waals surface area contributed by atoms with Crippen molar-refractivity contribution in [3.63, 3.8) is 0 Å². The van der Waals surface area contributed by atoms with Crippen LogP contribution in [0.3, 0.4) is 0 Å². The molecule has 23 heavy (non-hydrogen) atoms. The summed E-state index contributed by atoms with van der Waals surface area (Å²) >= 11 is 1.66. The third-order valence-electron chi connectivity index (χ3n) is 3.22. The lowest BCUT2D eigenvalue weighted by Gasteiger charge is -2.17. The number of thioether (sulfide) groups is 1. The molecule has 0 bridgehead atoms. The summed E-state index contributed by atoms with van der Waals surface area (Å²) in [5, 5.41) is 2.61. The summed E-state index contributed by atoms with van der Waals surface area (Å²) in [5.41, 5.74) is 7.25. The van der Waals surface area contributed by atoms with Gasteiger partial charge in [0, 0.05) is 24.7 Å². The molecule has 1 amide bonds. The molecule has 2 aromatic rings. The Balaban J connectivity index is 0.000000313. The number of carbonyl (C=O) groups is 1. The summed E-state index contributed by atoms with van der Waals surface area (Å²) in [7, 11) is 3.26. The van der Waals surface area contributed by atoms with Crippen LogP contribution in [0.4, 0.5) is 5.69 Å². The topological polar surface area (TPSA) is 64.3 Å². The maximum atomic E-state index is 11.4. The van der Waals surface area contributed by atoms with Gasteiger partial charge < -0.3 is 15.8 Å². The predicted molar refractivity (Wildman–Crippen MR) is 97.5 cm³/mol. The molecule has 4 nitrogen and oxygen atoms in total. The van der Waals surface area contributed by atoms with E-state index in [4.69, 9.17) is 10.5 Å².